The molecule has 1 aromatic heterocycles. The summed E-state index contributed by atoms with van der Waals surface area (Å²) < 4.78 is 2.10. The van der Waals surface area contributed by atoms with Gasteiger partial charge in [0.2, 0.25) is 4.80 Å². The number of aromatic nitrogens is 2. The topological polar surface area (TPSA) is 50.4 Å². The van der Waals surface area contributed by atoms with Crippen LogP contribution in [-0.4, -0.2) is 27.2 Å². The van der Waals surface area contributed by atoms with Crippen molar-refractivity contribution in [2.24, 2.45) is 4.99 Å². The van der Waals surface area contributed by atoms with Crippen LogP contribution in [0.15, 0.2) is 77.8 Å². The van der Waals surface area contributed by atoms with Crippen LogP contribution in [0.4, 0.5) is 0 Å². The van der Waals surface area contributed by atoms with Crippen molar-refractivity contribution in [1.29, 1.82) is 0 Å². The third-order valence-electron chi connectivity index (χ3n) is 3.94. The smallest absolute Gasteiger partial charge is 0.223 e. The van der Waals surface area contributed by atoms with Crippen molar-refractivity contribution in [1.82, 2.24) is 8.94 Å². The van der Waals surface area contributed by atoms with Crippen LogP contribution >= 0.6 is 11.5 Å². The lowest BCUT2D eigenvalue weighted by atomic mass is 10.0. The highest BCUT2D eigenvalue weighted by Gasteiger charge is 2.13. The fourth-order valence-electron chi connectivity index (χ4n) is 2.82. The van der Waals surface area contributed by atoms with Crippen molar-refractivity contribution >= 4 is 22.3 Å². The van der Waals surface area contributed by atoms with Gasteiger partial charge in [0, 0.05) is 5.56 Å². The van der Waals surface area contributed by atoms with Crippen molar-refractivity contribution in [3.05, 3.63) is 77.6 Å². The Hall–Kier alpha value is -2.76. The molecule has 0 unspecified atom stereocenters. The van der Waals surface area contributed by atoms with Crippen LogP contribution in [0.5, 0.6) is 0 Å². The Balaban J connectivity index is 1.98. The highest BCUT2D eigenvalue weighted by Crippen LogP contribution is 2.29. The Morgan fingerprint density at radius 2 is 1.68 bits per heavy atom. The third kappa shape index (κ3) is 3.12. The van der Waals surface area contributed by atoms with Crippen LogP contribution in [0.25, 0.3) is 27.8 Å². The number of rotatable bonds is 4. The number of para-hydroxylation sites is 1. The number of aliphatic hydroxyl groups excluding tert-OH is 1. The van der Waals surface area contributed by atoms with Gasteiger partial charge in [-0.2, -0.15) is 4.98 Å². The van der Waals surface area contributed by atoms with Crippen LogP contribution in [0.2, 0.25) is 0 Å². The number of nitrogens with zero attached hydrogens (tertiary/aromatic N) is 3. The zero-order chi connectivity index (χ0) is 17.1. The van der Waals surface area contributed by atoms with E-state index in [2.05, 4.69) is 51.4 Å². The lowest BCUT2D eigenvalue weighted by molar-refractivity contribution is 0.305. The fraction of sp³-hybridized carbons (Fsp3) is 0.100. The molecular weight excluding hydrogens is 330 g/mol. The second-order valence-electron chi connectivity index (χ2n) is 5.57. The SMILES string of the molecule is OCCN=c1nc(-c2cccc3ccccc23)n(-c2ccccc2)s1. The van der Waals surface area contributed by atoms with Gasteiger partial charge in [0.25, 0.3) is 0 Å². The van der Waals surface area contributed by atoms with E-state index in [0.29, 0.717) is 11.3 Å². The van der Waals surface area contributed by atoms with Crippen LogP contribution in [0.3, 0.4) is 0 Å². The Kier molecular flexibility index (Phi) is 4.41. The summed E-state index contributed by atoms with van der Waals surface area (Å²) in [6.45, 7) is 0.381. The highest BCUT2D eigenvalue weighted by molar-refractivity contribution is 7.04. The molecule has 0 fully saturated rings. The molecule has 3 aromatic carbocycles. The molecule has 0 saturated heterocycles. The molecule has 1 N–H and O–H groups in total. The fourth-order valence-corrected chi connectivity index (χ4v) is 3.71. The molecule has 0 aliphatic rings. The summed E-state index contributed by atoms with van der Waals surface area (Å²) in [5.41, 5.74) is 2.12. The molecule has 4 aromatic rings. The molecule has 1 heterocycles. The van der Waals surface area contributed by atoms with E-state index < -0.39 is 0 Å². The number of aliphatic hydroxyl groups is 1. The zero-order valence-electron chi connectivity index (χ0n) is 13.5. The molecule has 0 bridgehead atoms. The summed E-state index contributed by atoms with van der Waals surface area (Å²) in [4.78, 5) is 9.79. The lowest BCUT2D eigenvalue weighted by Gasteiger charge is -2.09. The van der Waals surface area contributed by atoms with E-state index in [1.165, 1.54) is 16.9 Å². The zero-order valence-corrected chi connectivity index (χ0v) is 14.4. The van der Waals surface area contributed by atoms with Crippen LogP contribution < -0.4 is 4.80 Å². The quantitative estimate of drug-likeness (QED) is 0.613. The first-order valence-electron chi connectivity index (χ1n) is 8.12. The van der Waals surface area contributed by atoms with Crippen LogP contribution in [0.1, 0.15) is 0 Å². The predicted octanol–water partition coefficient (Wildman–Crippen LogP) is 3.65. The minimum Gasteiger partial charge on any atom is -0.394 e. The van der Waals surface area contributed by atoms with Crippen molar-refractivity contribution in [2.45, 2.75) is 0 Å². The van der Waals surface area contributed by atoms with Gasteiger partial charge in [-0.05, 0) is 34.4 Å². The minimum absolute atomic E-state index is 0.0223. The molecule has 4 nitrogen and oxygen atoms in total. The summed E-state index contributed by atoms with van der Waals surface area (Å²) in [5.74, 6) is 0.865. The second-order valence-corrected chi connectivity index (χ2v) is 6.48. The summed E-state index contributed by atoms with van der Waals surface area (Å²) in [6.07, 6.45) is 0. The van der Waals surface area contributed by atoms with Crippen LogP contribution in [-0.2, 0) is 0 Å². The van der Waals surface area contributed by atoms with E-state index in [1.807, 2.05) is 30.3 Å². The van der Waals surface area contributed by atoms with Gasteiger partial charge in [-0.1, -0.05) is 60.7 Å². The average Bonchev–Trinajstić information content (AvgIpc) is 3.10. The predicted molar refractivity (Wildman–Crippen MR) is 102 cm³/mol. The van der Waals surface area contributed by atoms with E-state index >= 15 is 0 Å². The average molecular weight is 347 g/mol. The first-order chi connectivity index (χ1) is 12.4. The van der Waals surface area contributed by atoms with Crippen LogP contribution in [0, 0.1) is 0 Å². The molecule has 25 heavy (non-hydrogen) atoms. The molecule has 0 radical (unpaired) electrons. The minimum atomic E-state index is 0.0223. The maximum atomic E-state index is 9.06. The van der Waals surface area contributed by atoms with E-state index in [9.17, 15) is 0 Å². The standard InChI is InChI=1S/C20H17N3OS/c24-14-13-21-20-22-19(23(25-20)16-9-2-1-3-10-16)18-12-6-8-15-7-4-5-11-17(15)18/h1-12,24H,13-14H2. The summed E-state index contributed by atoms with van der Waals surface area (Å²) in [6, 6.07) is 24.7. The number of benzene rings is 3. The Bertz CT molecular complexity index is 1060. The van der Waals surface area contributed by atoms with Gasteiger partial charge in [0.05, 0.1) is 18.8 Å². The lowest BCUT2D eigenvalue weighted by Crippen LogP contribution is -2.01. The van der Waals surface area contributed by atoms with E-state index in [4.69, 9.17) is 10.1 Å². The molecule has 4 rings (SSSR count). The normalized spacial score (nSPS) is 12.0. The molecule has 0 atom stereocenters. The Morgan fingerprint density at radius 1 is 0.920 bits per heavy atom. The van der Waals surface area contributed by atoms with Gasteiger partial charge < -0.3 is 5.11 Å². The van der Waals surface area contributed by atoms with Gasteiger partial charge in [-0.25, -0.2) is 3.96 Å². The van der Waals surface area contributed by atoms with E-state index in [0.717, 1.165) is 22.5 Å². The number of fused-ring (bicyclic) bond motifs is 1. The van der Waals surface area contributed by atoms with Gasteiger partial charge >= 0.3 is 0 Å². The molecule has 0 saturated carbocycles. The number of hydrogen-bond donors (Lipinski definition) is 1. The molecular formula is C20H17N3OS. The molecule has 0 aliphatic carbocycles. The Morgan fingerprint density at radius 3 is 2.52 bits per heavy atom. The third-order valence-corrected chi connectivity index (χ3v) is 4.89. The van der Waals surface area contributed by atoms with Gasteiger partial charge in [-0.3, -0.25) is 4.99 Å². The second kappa shape index (κ2) is 7.01. The van der Waals surface area contributed by atoms with E-state index in [-0.39, 0.29) is 6.61 Å². The summed E-state index contributed by atoms with van der Waals surface area (Å²) >= 11 is 1.48. The van der Waals surface area contributed by atoms with E-state index in [1.54, 1.807) is 0 Å². The van der Waals surface area contributed by atoms with Gasteiger partial charge in [-0.15, -0.1) is 0 Å². The number of hydrogen-bond acceptors (Lipinski definition) is 4. The first kappa shape index (κ1) is 15.7. The van der Waals surface area contributed by atoms with Gasteiger partial charge in [0.15, 0.2) is 5.82 Å². The molecule has 0 spiro atoms. The molecule has 0 aliphatic heterocycles. The first-order valence-corrected chi connectivity index (χ1v) is 8.89. The van der Waals surface area contributed by atoms with Crippen molar-refractivity contribution in [2.75, 3.05) is 13.2 Å². The summed E-state index contributed by atoms with van der Waals surface area (Å²) in [5, 5.41) is 11.4. The van der Waals surface area contributed by atoms with Crippen molar-refractivity contribution in [3.63, 3.8) is 0 Å². The summed E-state index contributed by atoms with van der Waals surface area (Å²) in [7, 11) is 0. The largest absolute Gasteiger partial charge is 0.394 e. The highest BCUT2D eigenvalue weighted by atomic mass is 32.1. The van der Waals surface area contributed by atoms with Crippen molar-refractivity contribution < 1.29 is 5.11 Å². The van der Waals surface area contributed by atoms with Gasteiger partial charge in [0.1, 0.15) is 0 Å². The monoisotopic (exact) mass is 347 g/mol. The van der Waals surface area contributed by atoms with Crippen molar-refractivity contribution in [3.8, 4) is 17.1 Å². The molecule has 5 heteroatoms. The molecule has 0 amide bonds. The molecule has 124 valence electrons. The maximum absolute atomic E-state index is 9.06. The Labute approximate surface area is 149 Å². The maximum Gasteiger partial charge on any atom is 0.223 e.